The minimum atomic E-state index is -0.207. The van der Waals surface area contributed by atoms with E-state index < -0.39 is 0 Å². The van der Waals surface area contributed by atoms with Gasteiger partial charge in [-0.1, -0.05) is 0 Å². The molecule has 0 nitrogen and oxygen atoms in total. The van der Waals surface area contributed by atoms with Crippen molar-refractivity contribution in [3.05, 3.63) is 81.2 Å². The topological polar surface area (TPSA) is 0 Å². The van der Waals surface area contributed by atoms with Crippen LogP contribution >= 0.6 is 7.92 Å². The minimum Gasteiger partial charge on any atom is -1.00 e. The van der Waals surface area contributed by atoms with Crippen molar-refractivity contribution in [2.24, 2.45) is 0 Å². The van der Waals surface area contributed by atoms with E-state index >= 15 is 0 Å². The predicted molar refractivity (Wildman–Crippen MR) is 131 cm³/mol. The van der Waals surface area contributed by atoms with Gasteiger partial charge < -0.3 is 24.8 Å². The molecule has 2 unspecified atom stereocenters. The smallest absolute Gasteiger partial charge is 1.00 e. The molecule has 2 aromatic rings. The molecule has 2 aromatic carbocycles. The maximum absolute atomic E-state index is 2.63. The molecule has 170 valence electrons. The van der Waals surface area contributed by atoms with Gasteiger partial charge in [-0.3, -0.25) is 0 Å². The van der Waals surface area contributed by atoms with E-state index in [0.717, 1.165) is 4.22 Å². The molecule has 0 bridgehead atoms. The zero-order chi connectivity index (χ0) is 21.1. The molecule has 2 atom stereocenters. The Bertz CT molecular complexity index is 958. The second-order valence-electron chi connectivity index (χ2n) is 8.86. The third kappa shape index (κ3) is 5.82. The average molecular weight is 521 g/mol. The number of benzene rings is 2. The largest absolute Gasteiger partial charge is 1.00 e. The number of aryl methyl sites for hydroxylation is 2. The molecule has 4 rings (SSSR count). The van der Waals surface area contributed by atoms with Crippen molar-refractivity contribution in [3.8, 4) is 0 Å². The van der Waals surface area contributed by atoms with Crippen LogP contribution in [-0.4, -0.2) is 12.3 Å². The second-order valence-corrected chi connectivity index (χ2v) is 13.7. The van der Waals surface area contributed by atoms with Gasteiger partial charge in [0, 0.05) is 0 Å². The Morgan fingerprint density at radius 3 is 2.22 bits per heavy atom. The van der Waals surface area contributed by atoms with Crippen molar-refractivity contribution in [2.75, 3.05) is 12.3 Å². The molecule has 2 aliphatic rings. The van der Waals surface area contributed by atoms with Crippen LogP contribution < -0.4 is 24.8 Å². The summed E-state index contributed by atoms with van der Waals surface area (Å²) in [5, 5.41) is 1.85. The standard InChI is InChI=1S/C17H24P.C11H11.2ClH.Ti/c1-3-5-11-18(12-6-4-2)17-13-15-9-7-8-10-16(15)14-17;1-8-6-7-9(2)11-5-3-4-10(8)11;;;/h7-10,13-14H,3-6,11-12H2,1-2H3;3-7H,1-2H3;2*1H;/q;;;;+2/p-2. The van der Waals surface area contributed by atoms with E-state index in [0.29, 0.717) is 4.22 Å². The summed E-state index contributed by atoms with van der Waals surface area (Å²) in [5.74, 6) is 0. The first kappa shape index (κ1) is 27.9. The third-order valence-corrected chi connectivity index (χ3v) is 12.7. The molecule has 0 saturated carbocycles. The number of fused-ring (bicyclic) bond motifs is 2. The zero-order valence-electron chi connectivity index (χ0n) is 19.8. The van der Waals surface area contributed by atoms with Gasteiger partial charge in [-0.05, 0) is 0 Å². The molecule has 0 heterocycles. The fourth-order valence-electron chi connectivity index (χ4n) is 4.92. The Morgan fingerprint density at radius 2 is 1.53 bits per heavy atom. The van der Waals surface area contributed by atoms with Gasteiger partial charge >= 0.3 is 195 Å². The number of hydrogen-bond acceptors (Lipinski definition) is 0. The summed E-state index contributed by atoms with van der Waals surface area (Å²) in [7, 11) is 0.00766. The number of hydrogen-bond donors (Lipinski definition) is 0. The van der Waals surface area contributed by atoms with Crippen molar-refractivity contribution >= 4 is 20.1 Å². The fourth-order valence-corrected chi connectivity index (χ4v) is 11.9. The molecule has 0 N–H and O–H groups in total. The summed E-state index contributed by atoms with van der Waals surface area (Å²) in [6.45, 7) is 9.29. The first-order valence-corrected chi connectivity index (χ1v) is 15.2. The predicted octanol–water partition coefficient (Wildman–Crippen LogP) is 2.64. The summed E-state index contributed by atoms with van der Waals surface area (Å²) >= 11 is -0.207. The van der Waals surface area contributed by atoms with Crippen molar-refractivity contribution < 1.29 is 44.0 Å². The maximum Gasteiger partial charge on any atom is -1.00 e. The quantitative estimate of drug-likeness (QED) is 0.352. The van der Waals surface area contributed by atoms with E-state index in [-0.39, 0.29) is 51.9 Å². The molecular weight excluding hydrogens is 486 g/mol. The van der Waals surface area contributed by atoms with Crippen molar-refractivity contribution in [1.29, 1.82) is 0 Å². The van der Waals surface area contributed by atoms with Crippen LogP contribution in [0, 0.1) is 13.8 Å². The Balaban J connectivity index is 0.00000181. The molecular formula is C28H35Cl2PTi. The Kier molecular flexibility index (Phi) is 11.3. The first-order chi connectivity index (χ1) is 14.6. The third-order valence-electron chi connectivity index (χ3n) is 6.67. The Labute approximate surface area is 218 Å². The van der Waals surface area contributed by atoms with E-state index in [2.05, 4.69) is 82.3 Å². The number of unbranched alkanes of at least 4 members (excludes halogenated alkanes) is 2. The molecule has 0 saturated heterocycles. The van der Waals surface area contributed by atoms with E-state index in [4.69, 9.17) is 0 Å². The van der Waals surface area contributed by atoms with Crippen molar-refractivity contribution in [3.63, 3.8) is 0 Å². The van der Waals surface area contributed by atoms with Crippen molar-refractivity contribution in [2.45, 2.75) is 61.8 Å². The molecule has 4 heteroatoms. The van der Waals surface area contributed by atoms with E-state index in [9.17, 15) is 0 Å². The SMILES string of the molecule is CCCCP(CCCC)C1=Cc2ccccc2[CH]1[Ti+2][CH]1C=Cc2c(C)ccc(C)c21.[Cl-].[Cl-]. The van der Waals surface area contributed by atoms with E-state index in [1.165, 1.54) is 60.3 Å². The van der Waals surface area contributed by atoms with Crippen LogP contribution in [0.3, 0.4) is 0 Å². The minimum absolute atomic E-state index is 0. The molecule has 0 spiro atoms. The Morgan fingerprint density at radius 1 is 0.875 bits per heavy atom. The monoisotopic (exact) mass is 520 g/mol. The van der Waals surface area contributed by atoms with Gasteiger partial charge in [-0.2, -0.15) is 0 Å². The summed E-state index contributed by atoms with van der Waals surface area (Å²) in [6.07, 6.45) is 15.9. The van der Waals surface area contributed by atoms with Gasteiger partial charge in [-0.25, -0.2) is 0 Å². The van der Waals surface area contributed by atoms with E-state index in [1.54, 1.807) is 11.1 Å². The maximum atomic E-state index is 2.63. The first-order valence-electron chi connectivity index (χ1n) is 11.7. The van der Waals surface area contributed by atoms with Crippen LogP contribution in [0.4, 0.5) is 0 Å². The normalized spacial score (nSPS) is 17.8. The van der Waals surface area contributed by atoms with Gasteiger partial charge in [0.15, 0.2) is 0 Å². The van der Waals surface area contributed by atoms with Crippen LogP contribution in [0.2, 0.25) is 0 Å². The number of halogens is 2. The second kappa shape index (κ2) is 12.9. The molecule has 2 aliphatic carbocycles. The summed E-state index contributed by atoms with van der Waals surface area (Å²) in [6, 6.07) is 13.9. The van der Waals surface area contributed by atoms with Gasteiger partial charge in [-0.15, -0.1) is 0 Å². The van der Waals surface area contributed by atoms with Gasteiger partial charge in [0.25, 0.3) is 0 Å². The molecule has 0 aliphatic heterocycles. The van der Waals surface area contributed by atoms with Gasteiger partial charge in [0.1, 0.15) is 0 Å². The molecule has 0 fully saturated rings. The summed E-state index contributed by atoms with van der Waals surface area (Å²) in [5.41, 5.74) is 9.25. The molecule has 0 amide bonds. The Hall–Kier alpha value is -0.356. The average Bonchev–Trinajstić information content (AvgIpc) is 3.34. The number of allylic oxidation sites excluding steroid dienone is 2. The molecule has 32 heavy (non-hydrogen) atoms. The zero-order valence-corrected chi connectivity index (χ0v) is 23.8. The molecule has 0 radical (unpaired) electrons. The van der Waals surface area contributed by atoms with Crippen molar-refractivity contribution in [1.82, 2.24) is 0 Å². The fraction of sp³-hybridized carbons (Fsp3) is 0.429. The van der Waals surface area contributed by atoms with Crippen LogP contribution in [-0.2, 0) is 19.2 Å². The van der Waals surface area contributed by atoms with E-state index in [1.807, 2.05) is 5.31 Å². The van der Waals surface area contributed by atoms with Crippen LogP contribution in [0.15, 0.2) is 47.8 Å². The van der Waals surface area contributed by atoms with Gasteiger partial charge in [0.05, 0.1) is 0 Å². The van der Waals surface area contributed by atoms with Gasteiger partial charge in [0.2, 0.25) is 0 Å². The number of rotatable bonds is 9. The molecule has 0 aromatic heterocycles. The van der Waals surface area contributed by atoms with Crippen LogP contribution in [0.5, 0.6) is 0 Å². The summed E-state index contributed by atoms with van der Waals surface area (Å²) in [4.78, 5) is 0. The summed E-state index contributed by atoms with van der Waals surface area (Å²) < 4.78 is 1.40. The van der Waals surface area contributed by atoms with Crippen LogP contribution in [0.1, 0.15) is 81.4 Å². The van der Waals surface area contributed by atoms with Crippen LogP contribution in [0.25, 0.3) is 12.2 Å².